The van der Waals surface area contributed by atoms with Crippen molar-refractivity contribution in [3.63, 3.8) is 0 Å². The van der Waals surface area contributed by atoms with Gasteiger partial charge < -0.3 is 19.5 Å². The Labute approximate surface area is 169 Å². The smallest absolute Gasteiger partial charge is 0.258 e. The van der Waals surface area contributed by atoms with E-state index in [2.05, 4.69) is 23.2 Å². The highest BCUT2D eigenvalue weighted by Gasteiger charge is 2.17. The number of anilines is 1. The molecule has 2 heterocycles. The number of nitrogens with zero attached hydrogens (tertiary/aromatic N) is 2. The zero-order valence-electron chi connectivity index (χ0n) is 16.7. The Morgan fingerprint density at radius 2 is 2.07 bits per heavy atom. The van der Waals surface area contributed by atoms with Crippen LogP contribution in [0.2, 0.25) is 0 Å². The second kappa shape index (κ2) is 8.09. The van der Waals surface area contributed by atoms with Gasteiger partial charge in [0.15, 0.2) is 0 Å². The molecule has 1 saturated heterocycles. The van der Waals surface area contributed by atoms with Crippen molar-refractivity contribution in [3.8, 4) is 0 Å². The number of hydrogen-bond donors (Lipinski definition) is 1. The maximum absolute atomic E-state index is 13.0. The Morgan fingerprint density at radius 1 is 1.21 bits per heavy atom. The van der Waals surface area contributed by atoms with Crippen molar-refractivity contribution in [3.05, 3.63) is 76.2 Å². The zero-order valence-corrected chi connectivity index (χ0v) is 16.7. The van der Waals surface area contributed by atoms with Crippen molar-refractivity contribution < 1.29 is 9.53 Å². The maximum atomic E-state index is 13.0. The fourth-order valence-electron chi connectivity index (χ4n) is 3.80. The molecular weight excluding hydrogens is 366 g/mol. The van der Waals surface area contributed by atoms with E-state index in [1.807, 2.05) is 42.6 Å². The summed E-state index contributed by atoms with van der Waals surface area (Å²) in [6.45, 7) is 4.92. The Hall–Kier alpha value is -3.12. The number of morpholine rings is 1. The first kappa shape index (κ1) is 19.2. The molecule has 4 rings (SSSR count). The summed E-state index contributed by atoms with van der Waals surface area (Å²) >= 11 is 0. The number of ether oxygens (including phenoxy) is 1. The summed E-state index contributed by atoms with van der Waals surface area (Å²) < 4.78 is 7.30. The lowest BCUT2D eigenvalue weighted by Crippen LogP contribution is -2.41. The number of nitrogens with one attached hydrogen (secondary N) is 1. The van der Waals surface area contributed by atoms with E-state index in [4.69, 9.17) is 4.74 Å². The molecule has 6 heteroatoms. The lowest BCUT2D eigenvalue weighted by Gasteiger charge is -2.33. The van der Waals surface area contributed by atoms with Crippen LogP contribution in [0.3, 0.4) is 0 Å². The number of hydrogen-bond acceptors (Lipinski definition) is 4. The third kappa shape index (κ3) is 4.03. The van der Waals surface area contributed by atoms with Gasteiger partial charge >= 0.3 is 0 Å². The molecule has 1 amide bonds. The number of carbonyl (C=O) groups is 1. The maximum Gasteiger partial charge on any atom is 0.258 e. The van der Waals surface area contributed by atoms with Crippen molar-refractivity contribution in [2.45, 2.75) is 19.6 Å². The third-order valence-electron chi connectivity index (χ3n) is 5.34. The van der Waals surface area contributed by atoms with Crippen LogP contribution in [0.4, 0.5) is 5.69 Å². The first-order valence-corrected chi connectivity index (χ1v) is 9.86. The summed E-state index contributed by atoms with van der Waals surface area (Å²) in [5, 5.41) is 4.25. The largest absolute Gasteiger partial charge is 0.375 e. The molecule has 0 bridgehead atoms. The van der Waals surface area contributed by atoms with Gasteiger partial charge in [-0.15, -0.1) is 0 Å². The summed E-state index contributed by atoms with van der Waals surface area (Å²) in [6, 6.07) is 15.3. The first-order chi connectivity index (χ1) is 14.0. The Kier molecular flexibility index (Phi) is 5.36. The van der Waals surface area contributed by atoms with Gasteiger partial charge in [0.05, 0.1) is 19.3 Å². The summed E-state index contributed by atoms with van der Waals surface area (Å²) in [6.07, 6.45) is 2.03. The van der Waals surface area contributed by atoms with Crippen molar-refractivity contribution in [1.29, 1.82) is 0 Å². The van der Waals surface area contributed by atoms with Crippen LogP contribution in [0, 0.1) is 0 Å². The fraction of sp³-hybridized carbons (Fsp3) is 0.304. The fourth-order valence-corrected chi connectivity index (χ4v) is 3.80. The highest BCUT2D eigenvalue weighted by Crippen LogP contribution is 2.22. The van der Waals surface area contributed by atoms with Crippen molar-refractivity contribution in [1.82, 2.24) is 9.88 Å². The van der Waals surface area contributed by atoms with Crippen LogP contribution < -0.4 is 15.8 Å². The van der Waals surface area contributed by atoms with E-state index in [1.165, 1.54) is 0 Å². The molecule has 0 aliphatic carbocycles. The van der Waals surface area contributed by atoms with Gasteiger partial charge in [-0.2, -0.15) is 0 Å². The number of amides is 1. The Bertz CT molecular complexity index is 1110. The quantitative estimate of drug-likeness (QED) is 0.743. The highest BCUT2D eigenvalue weighted by atomic mass is 16.5. The minimum Gasteiger partial charge on any atom is -0.375 e. The second-order valence-electron chi connectivity index (χ2n) is 7.43. The molecule has 29 heavy (non-hydrogen) atoms. The van der Waals surface area contributed by atoms with Crippen LogP contribution in [0.15, 0.2) is 59.5 Å². The molecule has 6 nitrogen and oxygen atoms in total. The van der Waals surface area contributed by atoms with Crippen LogP contribution in [-0.2, 0) is 11.3 Å². The van der Waals surface area contributed by atoms with Gasteiger partial charge in [0, 0.05) is 43.0 Å². The van der Waals surface area contributed by atoms with Crippen LogP contribution in [-0.4, -0.2) is 43.3 Å². The zero-order chi connectivity index (χ0) is 20.4. The van der Waals surface area contributed by atoms with E-state index in [0.717, 1.165) is 36.3 Å². The molecule has 3 aromatic rings. The molecule has 0 saturated carbocycles. The van der Waals surface area contributed by atoms with E-state index in [9.17, 15) is 9.59 Å². The van der Waals surface area contributed by atoms with E-state index >= 15 is 0 Å². The number of aromatic nitrogens is 1. The normalized spacial score (nSPS) is 16.8. The minimum absolute atomic E-state index is 0.0326. The van der Waals surface area contributed by atoms with Gasteiger partial charge in [-0.3, -0.25) is 9.59 Å². The summed E-state index contributed by atoms with van der Waals surface area (Å²) in [7, 11) is 1.61. The summed E-state index contributed by atoms with van der Waals surface area (Å²) in [4.78, 5) is 27.1. The minimum atomic E-state index is -0.136. The van der Waals surface area contributed by atoms with Crippen molar-refractivity contribution in [2.24, 2.45) is 0 Å². The molecule has 1 aromatic heterocycles. The molecule has 1 aliphatic rings. The number of rotatable bonds is 4. The van der Waals surface area contributed by atoms with Gasteiger partial charge in [-0.25, -0.2) is 0 Å². The van der Waals surface area contributed by atoms with Gasteiger partial charge in [-0.1, -0.05) is 12.1 Å². The van der Waals surface area contributed by atoms with Crippen molar-refractivity contribution in [2.75, 3.05) is 31.6 Å². The third-order valence-corrected chi connectivity index (χ3v) is 5.34. The van der Waals surface area contributed by atoms with E-state index in [0.29, 0.717) is 17.5 Å². The lowest BCUT2D eigenvalue weighted by molar-refractivity contribution is 0.0532. The molecular formula is C23H25N3O3. The number of carbonyl (C=O) groups excluding carboxylic acids is 1. The average molecular weight is 391 g/mol. The van der Waals surface area contributed by atoms with Gasteiger partial charge in [0.1, 0.15) is 0 Å². The molecule has 1 N–H and O–H groups in total. The Morgan fingerprint density at radius 3 is 2.86 bits per heavy atom. The van der Waals surface area contributed by atoms with Crippen LogP contribution in [0.25, 0.3) is 10.8 Å². The van der Waals surface area contributed by atoms with Gasteiger partial charge in [0.25, 0.3) is 11.5 Å². The standard InChI is InChI=1S/C23H25N3O3/c1-16-14-25(10-11-29-16)20-6-7-21-18(13-20)8-9-26(23(21)28)15-17-4-3-5-19(12-17)22(27)24-2/h3-9,12-13,16H,10-11,14-15H2,1-2H3,(H,24,27)/t16-/m0/s1. The first-order valence-electron chi connectivity index (χ1n) is 9.86. The lowest BCUT2D eigenvalue weighted by atomic mass is 10.1. The number of fused-ring (bicyclic) bond motifs is 1. The summed E-state index contributed by atoms with van der Waals surface area (Å²) in [5.74, 6) is -0.136. The monoisotopic (exact) mass is 391 g/mol. The topological polar surface area (TPSA) is 63.6 Å². The molecule has 1 fully saturated rings. The Balaban J connectivity index is 1.62. The van der Waals surface area contributed by atoms with E-state index < -0.39 is 0 Å². The number of pyridine rings is 1. The van der Waals surface area contributed by atoms with Crippen LogP contribution in [0.5, 0.6) is 0 Å². The molecule has 1 aliphatic heterocycles. The summed E-state index contributed by atoms with van der Waals surface area (Å²) in [5.41, 5.74) is 2.58. The van der Waals surface area contributed by atoms with E-state index in [1.54, 1.807) is 17.7 Å². The molecule has 0 radical (unpaired) electrons. The van der Waals surface area contributed by atoms with Gasteiger partial charge in [-0.05, 0) is 54.3 Å². The SMILES string of the molecule is CNC(=O)c1cccc(Cn2ccc3cc(N4CCO[C@@H](C)C4)ccc3c2=O)c1. The van der Waals surface area contributed by atoms with Crippen LogP contribution >= 0.6 is 0 Å². The van der Waals surface area contributed by atoms with Gasteiger partial charge in [0.2, 0.25) is 0 Å². The van der Waals surface area contributed by atoms with Crippen LogP contribution in [0.1, 0.15) is 22.8 Å². The molecule has 0 unspecified atom stereocenters. The van der Waals surface area contributed by atoms with E-state index in [-0.39, 0.29) is 17.6 Å². The predicted octanol–water partition coefficient (Wildman–Crippen LogP) is 2.63. The second-order valence-corrected chi connectivity index (χ2v) is 7.43. The molecule has 0 spiro atoms. The molecule has 2 aromatic carbocycles. The predicted molar refractivity (Wildman–Crippen MR) is 115 cm³/mol. The molecule has 1 atom stereocenters. The van der Waals surface area contributed by atoms with Crippen molar-refractivity contribution >= 4 is 22.4 Å². The highest BCUT2D eigenvalue weighted by molar-refractivity contribution is 5.94. The number of benzene rings is 2. The molecule has 150 valence electrons. The average Bonchev–Trinajstić information content (AvgIpc) is 2.75.